The maximum atomic E-state index is 13.7. The summed E-state index contributed by atoms with van der Waals surface area (Å²) in [5.41, 5.74) is 6.30. The fraction of sp³-hybridized carbons (Fsp3) is 0.389. The molecule has 0 N–H and O–H groups in total. The second-order valence-corrected chi connectivity index (χ2v) is 14.2. The molecule has 8 nitrogen and oxygen atoms in total. The van der Waals surface area contributed by atoms with E-state index in [4.69, 9.17) is 4.74 Å². The van der Waals surface area contributed by atoms with Crippen molar-refractivity contribution in [2.45, 2.75) is 78.9 Å². The summed E-state index contributed by atoms with van der Waals surface area (Å²) in [7, 11) is 3.92. The third-order valence-electron chi connectivity index (χ3n) is 7.55. The molecule has 240 valence electrons. The number of hydrogen-bond acceptors (Lipinski definition) is 6. The van der Waals surface area contributed by atoms with Gasteiger partial charge in [-0.2, -0.15) is 0 Å². The molecule has 0 fully saturated rings. The number of amides is 1. The van der Waals surface area contributed by atoms with Crippen LogP contribution < -0.4 is 4.31 Å². The number of nitrogens with zero attached hydrogens (tertiary/aromatic N) is 3. The summed E-state index contributed by atoms with van der Waals surface area (Å²) in [6, 6.07) is 19.1. The molecular formula is C36H44N3O5S-. The molecule has 0 spiro atoms. The quantitative estimate of drug-likeness (QED) is 0.175. The summed E-state index contributed by atoms with van der Waals surface area (Å²) in [4.78, 5) is 28.5. The number of rotatable bonds is 9. The zero-order valence-electron chi connectivity index (χ0n) is 27.7. The number of ether oxygens (including phenoxy) is 1. The van der Waals surface area contributed by atoms with Gasteiger partial charge in [0.1, 0.15) is 5.60 Å². The largest absolute Gasteiger partial charge is 0.755 e. The maximum Gasteiger partial charge on any atom is 0.418 e. The Morgan fingerprint density at radius 1 is 0.889 bits per heavy atom. The number of carbonyl (C=O) groups excluding carboxylic acids is 2. The molecule has 0 bridgehead atoms. The minimum Gasteiger partial charge on any atom is -0.755 e. The van der Waals surface area contributed by atoms with Crippen LogP contribution in [0.1, 0.15) is 82.6 Å². The first kappa shape index (κ1) is 34.1. The first-order valence-electron chi connectivity index (χ1n) is 15.2. The number of anilines is 1. The van der Waals surface area contributed by atoms with Crippen LogP contribution in [0.3, 0.4) is 0 Å². The Morgan fingerprint density at radius 2 is 1.49 bits per heavy atom. The van der Waals surface area contributed by atoms with Crippen LogP contribution in [0.5, 0.6) is 0 Å². The molecule has 0 saturated carbocycles. The van der Waals surface area contributed by atoms with E-state index < -0.39 is 28.9 Å². The molecule has 1 unspecified atom stereocenters. The Hall–Kier alpha value is -3.79. The van der Waals surface area contributed by atoms with Gasteiger partial charge in [-0.05, 0) is 110 Å². The van der Waals surface area contributed by atoms with Crippen molar-refractivity contribution in [3.05, 3.63) is 89.1 Å². The molecule has 45 heavy (non-hydrogen) atoms. The minimum absolute atomic E-state index is 0.0491. The Labute approximate surface area is 269 Å². The lowest BCUT2D eigenvalue weighted by atomic mass is 9.84. The molecule has 1 amide bonds. The highest BCUT2D eigenvalue weighted by Gasteiger charge is 2.24. The van der Waals surface area contributed by atoms with Crippen molar-refractivity contribution in [3.63, 3.8) is 0 Å². The third kappa shape index (κ3) is 8.09. The van der Waals surface area contributed by atoms with Crippen molar-refractivity contribution in [1.82, 2.24) is 9.47 Å². The highest BCUT2D eigenvalue weighted by molar-refractivity contribution is 7.81. The van der Waals surface area contributed by atoms with E-state index in [-0.39, 0.29) is 18.3 Å². The third-order valence-corrected chi connectivity index (χ3v) is 8.26. The zero-order valence-corrected chi connectivity index (χ0v) is 28.5. The standard InChI is InChI=1S/C36H45N3O5S/c1-23(2)30-19-28(26-12-15-33-27(18-26)16-17-38(33)35(41)44-36(5,6)7)20-31(24(3)4)32(30)21-34(40)39(45(42)43)29-13-10-25(11-14-29)22-37(8)9/h10-20,23-24H,21-22H2,1-9H3,(H,42,43)/p-1. The van der Waals surface area contributed by atoms with Gasteiger partial charge in [0.25, 0.3) is 0 Å². The number of carbonyl (C=O) groups is 2. The second-order valence-electron chi connectivity index (χ2n) is 13.4. The Morgan fingerprint density at radius 3 is 2.00 bits per heavy atom. The van der Waals surface area contributed by atoms with Crippen molar-refractivity contribution in [1.29, 1.82) is 0 Å². The molecule has 0 aliphatic heterocycles. The molecule has 4 aromatic rings. The van der Waals surface area contributed by atoms with Gasteiger partial charge in [0.15, 0.2) is 0 Å². The zero-order chi connectivity index (χ0) is 33.2. The van der Waals surface area contributed by atoms with Gasteiger partial charge in [0, 0.05) is 18.1 Å². The van der Waals surface area contributed by atoms with Crippen molar-refractivity contribution >= 4 is 39.9 Å². The fourth-order valence-electron chi connectivity index (χ4n) is 5.55. The first-order chi connectivity index (χ1) is 21.1. The summed E-state index contributed by atoms with van der Waals surface area (Å²) < 4.78 is 32.6. The van der Waals surface area contributed by atoms with Crippen LogP contribution in [0.4, 0.5) is 10.5 Å². The Bertz CT molecular complexity index is 1690. The normalized spacial score (nSPS) is 12.7. The average Bonchev–Trinajstić information content (AvgIpc) is 3.36. The number of fused-ring (bicyclic) bond motifs is 1. The lowest BCUT2D eigenvalue weighted by Crippen LogP contribution is -2.34. The van der Waals surface area contributed by atoms with E-state index in [1.807, 2.05) is 76.2 Å². The van der Waals surface area contributed by atoms with Gasteiger partial charge in [-0.1, -0.05) is 58.0 Å². The molecule has 4 rings (SSSR count). The highest BCUT2D eigenvalue weighted by atomic mass is 32.2. The molecule has 0 aliphatic rings. The summed E-state index contributed by atoms with van der Waals surface area (Å²) in [6.07, 6.45) is 1.24. The molecule has 3 aromatic carbocycles. The van der Waals surface area contributed by atoms with Crippen LogP contribution >= 0.6 is 0 Å². The summed E-state index contributed by atoms with van der Waals surface area (Å²) in [6.45, 7) is 14.5. The van der Waals surface area contributed by atoms with E-state index in [0.717, 1.165) is 48.6 Å². The van der Waals surface area contributed by atoms with Gasteiger partial charge in [-0.3, -0.25) is 13.6 Å². The monoisotopic (exact) mass is 630 g/mol. The highest BCUT2D eigenvalue weighted by Crippen LogP contribution is 2.36. The average molecular weight is 631 g/mol. The van der Waals surface area contributed by atoms with Crippen molar-refractivity contribution in [2.75, 3.05) is 18.4 Å². The molecule has 1 aromatic heterocycles. The number of benzene rings is 3. The van der Waals surface area contributed by atoms with Gasteiger partial charge in [-0.15, -0.1) is 0 Å². The first-order valence-corrected chi connectivity index (χ1v) is 16.3. The topological polar surface area (TPSA) is 94.9 Å². The van der Waals surface area contributed by atoms with Gasteiger partial charge in [0.2, 0.25) is 5.91 Å². The van der Waals surface area contributed by atoms with Crippen molar-refractivity contribution in [2.24, 2.45) is 0 Å². The van der Waals surface area contributed by atoms with E-state index in [1.54, 1.807) is 18.3 Å². The fourth-order valence-corrected chi connectivity index (χ4v) is 6.07. The molecule has 9 heteroatoms. The minimum atomic E-state index is -2.78. The van der Waals surface area contributed by atoms with Crippen LogP contribution in [0.25, 0.3) is 22.0 Å². The van der Waals surface area contributed by atoms with Crippen LogP contribution in [0, 0.1) is 0 Å². The Kier molecular flexibility index (Phi) is 10.4. The van der Waals surface area contributed by atoms with Crippen molar-refractivity contribution < 1.29 is 23.1 Å². The van der Waals surface area contributed by atoms with Crippen LogP contribution in [0.2, 0.25) is 0 Å². The summed E-state index contributed by atoms with van der Waals surface area (Å²) >= 11 is -2.78. The molecule has 0 radical (unpaired) electrons. The lowest BCUT2D eigenvalue weighted by Gasteiger charge is -2.27. The van der Waals surface area contributed by atoms with E-state index in [2.05, 4.69) is 39.8 Å². The van der Waals surface area contributed by atoms with Gasteiger partial charge < -0.3 is 14.2 Å². The molecule has 1 heterocycles. The Balaban J connectivity index is 1.72. The van der Waals surface area contributed by atoms with E-state index in [1.165, 1.54) is 4.57 Å². The maximum absolute atomic E-state index is 13.7. The van der Waals surface area contributed by atoms with Crippen molar-refractivity contribution in [3.8, 4) is 11.1 Å². The van der Waals surface area contributed by atoms with Crippen LogP contribution in [-0.2, 0) is 33.8 Å². The second kappa shape index (κ2) is 13.7. The van der Waals surface area contributed by atoms with Crippen LogP contribution in [-0.4, -0.2) is 49.9 Å². The SMILES string of the molecule is CC(C)c1cc(-c2ccc3c(ccn3C(=O)OC(C)(C)C)c2)cc(C(C)C)c1CC(=O)N(c1ccc(CN(C)C)cc1)S(=O)[O-]. The molecule has 1 atom stereocenters. The summed E-state index contributed by atoms with van der Waals surface area (Å²) in [5.74, 6) is -0.345. The van der Waals surface area contributed by atoms with Gasteiger partial charge in [-0.25, -0.2) is 9.10 Å². The molecule has 0 aliphatic carbocycles. The summed E-state index contributed by atoms with van der Waals surface area (Å²) in [5, 5.41) is 0.903. The lowest BCUT2D eigenvalue weighted by molar-refractivity contribution is -0.116. The molecule has 0 saturated heterocycles. The van der Waals surface area contributed by atoms with E-state index >= 15 is 0 Å². The van der Waals surface area contributed by atoms with E-state index in [0.29, 0.717) is 12.2 Å². The predicted octanol–water partition coefficient (Wildman–Crippen LogP) is 7.77. The smallest absolute Gasteiger partial charge is 0.418 e. The number of hydrogen-bond donors (Lipinski definition) is 0. The number of aromatic nitrogens is 1. The van der Waals surface area contributed by atoms with Gasteiger partial charge in [0.05, 0.1) is 28.9 Å². The predicted molar refractivity (Wildman–Crippen MR) is 181 cm³/mol. The van der Waals surface area contributed by atoms with E-state index in [9.17, 15) is 18.4 Å². The van der Waals surface area contributed by atoms with Gasteiger partial charge >= 0.3 is 6.09 Å². The molecular weight excluding hydrogens is 586 g/mol. The van der Waals surface area contributed by atoms with Crippen LogP contribution in [0.15, 0.2) is 66.9 Å².